The van der Waals surface area contributed by atoms with Crippen LogP contribution < -0.4 is 10.0 Å². The van der Waals surface area contributed by atoms with Gasteiger partial charge in [0.25, 0.3) is 5.91 Å². The molecule has 12 heteroatoms. The first-order valence-corrected chi connectivity index (χ1v) is 12.0. The molecule has 1 amide bonds. The van der Waals surface area contributed by atoms with Crippen LogP contribution in [0.3, 0.4) is 0 Å². The summed E-state index contributed by atoms with van der Waals surface area (Å²) in [5, 5.41) is 14.2. The molecule has 3 aromatic rings. The summed E-state index contributed by atoms with van der Waals surface area (Å²) in [7, 11) is -4.07. The minimum absolute atomic E-state index is 0.0200. The molecule has 168 valence electrons. The van der Waals surface area contributed by atoms with E-state index in [2.05, 4.69) is 10.3 Å². The summed E-state index contributed by atoms with van der Waals surface area (Å²) in [4.78, 5) is 29.2. The maximum Gasteiger partial charge on any atom is 0.321 e. The number of imidazole rings is 1. The van der Waals surface area contributed by atoms with Crippen LogP contribution in [0.1, 0.15) is 16.1 Å². The lowest BCUT2D eigenvalue weighted by Gasteiger charge is -2.23. The van der Waals surface area contributed by atoms with Crippen molar-refractivity contribution in [2.45, 2.75) is 31.7 Å². The van der Waals surface area contributed by atoms with Gasteiger partial charge in [0.2, 0.25) is 0 Å². The second-order valence-electron chi connectivity index (χ2n) is 7.28. The second kappa shape index (κ2) is 9.20. The Kier molecular flexibility index (Phi) is 6.37. The van der Waals surface area contributed by atoms with Crippen molar-refractivity contribution in [3.63, 3.8) is 0 Å². The smallest absolute Gasteiger partial charge is 0.321 e. The Bertz CT molecular complexity index is 1190. The summed E-state index contributed by atoms with van der Waals surface area (Å²) in [6.07, 6.45) is 1.99. The van der Waals surface area contributed by atoms with E-state index < -0.39 is 34.3 Å². The van der Waals surface area contributed by atoms with Gasteiger partial charge in [-0.15, -0.1) is 11.3 Å². The molecule has 32 heavy (non-hydrogen) atoms. The van der Waals surface area contributed by atoms with E-state index >= 15 is 0 Å². The van der Waals surface area contributed by atoms with Crippen LogP contribution >= 0.6 is 11.3 Å². The van der Waals surface area contributed by atoms with Gasteiger partial charge in [0, 0.05) is 24.0 Å². The highest BCUT2D eigenvalue weighted by Crippen LogP contribution is 2.20. The molecule has 2 aromatic heterocycles. The van der Waals surface area contributed by atoms with E-state index in [1.807, 2.05) is 39.6 Å². The fraction of sp³-hybridized carbons (Fsp3) is 0.250. The fourth-order valence-corrected chi connectivity index (χ4v) is 5.42. The van der Waals surface area contributed by atoms with Crippen LogP contribution in [0.2, 0.25) is 0 Å². The molecule has 0 saturated carbocycles. The van der Waals surface area contributed by atoms with E-state index in [1.165, 1.54) is 11.3 Å². The summed E-state index contributed by atoms with van der Waals surface area (Å²) < 4.78 is 29.5. The van der Waals surface area contributed by atoms with Gasteiger partial charge in [-0.25, -0.2) is 9.71 Å². The van der Waals surface area contributed by atoms with Crippen molar-refractivity contribution in [1.82, 2.24) is 23.9 Å². The number of carbonyl (C=O) groups excluding carboxylic acids is 1. The third kappa shape index (κ3) is 5.05. The summed E-state index contributed by atoms with van der Waals surface area (Å²) in [6, 6.07) is 12.0. The van der Waals surface area contributed by atoms with Gasteiger partial charge >= 0.3 is 16.2 Å². The zero-order valence-corrected chi connectivity index (χ0v) is 18.4. The standard InChI is InChI=1S/C20H21N5O5S2/c26-19-18(25(32(29,30)23-19)12-16-7-4-8-31-16)22-17(20(27)28)9-15-11-24(13-21-15)10-14-5-2-1-3-6-14/h1-8,11,13,17-18,22H,9-10,12H2,(H,23,26)(H,27,28)/t17-,18+/m0/s1. The Hall–Kier alpha value is -3.06. The average Bonchev–Trinajstić information content (AvgIpc) is 3.45. The molecule has 0 aliphatic carbocycles. The van der Waals surface area contributed by atoms with E-state index in [0.29, 0.717) is 12.2 Å². The SMILES string of the molecule is O=C(O)[C@H](Cc1cn(Cc2ccccc2)cn1)N[C@H]1C(=O)NS(=O)(=O)N1Cc1cccs1. The Morgan fingerprint density at radius 2 is 2.00 bits per heavy atom. The summed E-state index contributed by atoms with van der Waals surface area (Å²) in [6.45, 7) is 0.533. The minimum atomic E-state index is -4.07. The maximum absolute atomic E-state index is 12.4. The monoisotopic (exact) mass is 475 g/mol. The minimum Gasteiger partial charge on any atom is -0.480 e. The van der Waals surface area contributed by atoms with Gasteiger partial charge in [-0.1, -0.05) is 36.4 Å². The second-order valence-corrected chi connectivity index (χ2v) is 9.94. The number of nitrogens with zero attached hydrogens (tertiary/aromatic N) is 3. The Morgan fingerprint density at radius 3 is 2.69 bits per heavy atom. The molecule has 10 nitrogen and oxygen atoms in total. The Balaban J connectivity index is 1.48. The van der Waals surface area contributed by atoms with Gasteiger partial charge < -0.3 is 9.67 Å². The van der Waals surface area contributed by atoms with Crippen LogP contribution in [0.15, 0.2) is 60.4 Å². The molecule has 3 heterocycles. The van der Waals surface area contributed by atoms with Crippen LogP contribution in [0.25, 0.3) is 0 Å². The molecule has 0 spiro atoms. The number of benzene rings is 1. The van der Waals surface area contributed by atoms with Crippen LogP contribution in [0.4, 0.5) is 0 Å². The predicted molar refractivity (Wildman–Crippen MR) is 117 cm³/mol. The predicted octanol–water partition coefficient (Wildman–Crippen LogP) is 0.781. The highest BCUT2D eigenvalue weighted by Gasteiger charge is 2.45. The number of amides is 1. The molecule has 0 unspecified atom stereocenters. The first kappa shape index (κ1) is 22.1. The van der Waals surface area contributed by atoms with Crippen molar-refractivity contribution < 1.29 is 23.1 Å². The highest BCUT2D eigenvalue weighted by molar-refractivity contribution is 7.88. The number of nitrogens with one attached hydrogen (secondary N) is 2. The van der Waals surface area contributed by atoms with Crippen LogP contribution in [-0.4, -0.2) is 51.5 Å². The molecule has 1 aromatic carbocycles. The molecule has 1 aliphatic heterocycles. The number of thiophene rings is 1. The number of carboxylic acid groups (broad SMARTS) is 1. The first-order chi connectivity index (χ1) is 15.3. The van der Waals surface area contributed by atoms with E-state index in [4.69, 9.17) is 0 Å². The lowest BCUT2D eigenvalue weighted by molar-refractivity contribution is -0.140. The molecule has 3 N–H and O–H groups in total. The van der Waals surface area contributed by atoms with Gasteiger partial charge in [-0.3, -0.25) is 14.9 Å². The quantitative estimate of drug-likeness (QED) is 0.416. The number of carboxylic acids is 1. The number of aromatic nitrogens is 2. The fourth-order valence-electron chi connectivity index (χ4n) is 3.41. The van der Waals surface area contributed by atoms with E-state index in [9.17, 15) is 23.1 Å². The van der Waals surface area contributed by atoms with Crippen LogP contribution in [0.5, 0.6) is 0 Å². The summed E-state index contributed by atoms with van der Waals surface area (Å²) in [5.41, 5.74) is 1.58. The van der Waals surface area contributed by atoms with Crippen LogP contribution in [0, 0.1) is 0 Å². The molecular formula is C20H21N5O5S2. The normalized spacial score (nSPS) is 19.0. The average molecular weight is 476 g/mol. The van der Waals surface area contributed by atoms with Gasteiger partial charge in [-0.2, -0.15) is 12.7 Å². The van der Waals surface area contributed by atoms with Crippen molar-refractivity contribution in [3.05, 3.63) is 76.5 Å². The summed E-state index contributed by atoms with van der Waals surface area (Å²) >= 11 is 1.34. The third-order valence-electron chi connectivity index (χ3n) is 4.93. The highest BCUT2D eigenvalue weighted by atomic mass is 32.2. The Morgan fingerprint density at radius 1 is 1.22 bits per heavy atom. The molecule has 1 aliphatic rings. The lowest BCUT2D eigenvalue weighted by atomic mass is 10.1. The van der Waals surface area contributed by atoms with Gasteiger partial charge in [0.1, 0.15) is 6.04 Å². The van der Waals surface area contributed by atoms with Crippen molar-refractivity contribution in [2.24, 2.45) is 0 Å². The largest absolute Gasteiger partial charge is 0.480 e. The number of rotatable bonds is 9. The third-order valence-corrected chi connectivity index (χ3v) is 7.21. The molecule has 0 radical (unpaired) electrons. The van der Waals surface area contributed by atoms with Crippen molar-refractivity contribution in [3.8, 4) is 0 Å². The van der Waals surface area contributed by atoms with E-state index in [0.717, 1.165) is 14.7 Å². The molecule has 0 bridgehead atoms. The van der Waals surface area contributed by atoms with Gasteiger partial charge in [0.05, 0.1) is 18.6 Å². The van der Waals surface area contributed by atoms with Crippen molar-refractivity contribution >= 4 is 33.4 Å². The van der Waals surface area contributed by atoms with Crippen molar-refractivity contribution in [1.29, 1.82) is 0 Å². The Labute approximate surface area is 188 Å². The van der Waals surface area contributed by atoms with E-state index in [1.54, 1.807) is 30.0 Å². The topological polar surface area (TPSA) is 134 Å². The van der Waals surface area contributed by atoms with Gasteiger partial charge in [-0.05, 0) is 17.0 Å². The van der Waals surface area contributed by atoms with Crippen molar-refractivity contribution in [2.75, 3.05) is 0 Å². The first-order valence-electron chi connectivity index (χ1n) is 9.71. The molecule has 1 fully saturated rings. The number of hydrogen-bond donors (Lipinski definition) is 3. The zero-order valence-electron chi connectivity index (χ0n) is 16.8. The van der Waals surface area contributed by atoms with Crippen LogP contribution in [-0.2, 0) is 39.3 Å². The zero-order chi connectivity index (χ0) is 22.7. The molecule has 1 saturated heterocycles. The molecule has 2 atom stereocenters. The number of hydrogen-bond acceptors (Lipinski definition) is 7. The van der Waals surface area contributed by atoms with E-state index in [-0.39, 0.29) is 13.0 Å². The molecular weight excluding hydrogens is 454 g/mol. The lowest BCUT2D eigenvalue weighted by Crippen LogP contribution is -2.53. The molecule has 4 rings (SSSR count). The number of aliphatic carboxylic acids is 1. The van der Waals surface area contributed by atoms with Gasteiger partial charge in [0.15, 0.2) is 6.17 Å². The maximum atomic E-state index is 12.4. The number of carbonyl (C=O) groups is 2. The summed E-state index contributed by atoms with van der Waals surface area (Å²) in [5.74, 6) is -2.03.